The van der Waals surface area contributed by atoms with Crippen LogP contribution in [0.25, 0.3) is 0 Å². The molecule has 0 aliphatic carbocycles. The molecule has 0 atom stereocenters. The van der Waals surface area contributed by atoms with Crippen LogP contribution in [0.3, 0.4) is 0 Å². The molecule has 0 spiro atoms. The Kier molecular flexibility index (Phi) is 6.19. The molecule has 2 N–H and O–H groups in total. The Labute approximate surface area is 125 Å². The summed E-state index contributed by atoms with van der Waals surface area (Å²) in [5, 5.41) is 21.6. The van der Waals surface area contributed by atoms with Gasteiger partial charge in [-0.3, -0.25) is 4.79 Å². The maximum Gasteiger partial charge on any atom is 0.310 e. The summed E-state index contributed by atoms with van der Waals surface area (Å²) in [6.07, 6.45) is 1.16. The van der Waals surface area contributed by atoms with Crippen molar-refractivity contribution in [2.75, 3.05) is 13.7 Å². The van der Waals surface area contributed by atoms with E-state index in [2.05, 4.69) is 11.4 Å². The average molecular weight is 290 g/mol. The fourth-order valence-electron chi connectivity index (χ4n) is 2.28. The van der Waals surface area contributed by atoms with Crippen LogP contribution in [0.5, 0.6) is 5.75 Å². The van der Waals surface area contributed by atoms with E-state index in [1.165, 1.54) is 7.11 Å². The number of ether oxygens (including phenoxy) is 1. The van der Waals surface area contributed by atoms with Crippen molar-refractivity contribution in [2.24, 2.45) is 5.41 Å². The second-order valence-corrected chi connectivity index (χ2v) is 5.04. The Hall–Kier alpha value is -2.06. The van der Waals surface area contributed by atoms with Gasteiger partial charge in [0.05, 0.1) is 18.1 Å². The molecule has 0 heterocycles. The van der Waals surface area contributed by atoms with E-state index >= 15 is 0 Å². The molecule has 0 bridgehead atoms. The van der Waals surface area contributed by atoms with Crippen LogP contribution in [-0.4, -0.2) is 24.7 Å². The molecule has 0 saturated heterocycles. The number of carbonyl (C=O) groups is 1. The summed E-state index contributed by atoms with van der Waals surface area (Å²) in [7, 11) is 1.53. The zero-order chi connectivity index (χ0) is 15.9. The molecule has 1 rings (SSSR count). The van der Waals surface area contributed by atoms with E-state index in [1.807, 2.05) is 19.9 Å². The number of aliphatic carboxylic acids is 1. The number of nitriles is 1. The topological polar surface area (TPSA) is 82.3 Å². The Balaban J connectivity index is 2.72. The van der Waals surface area contributed by atoms with E-state index in [9.17, 15) is 9.90 Å². The fourth-order valence-corrected chi connectivity index (χ4v) is 2.28. The molecule has 0 fully saturated rings. The van der Waals surface area contributed by atoms with E-state index in [0.717, 1.165) is 5.56 Å². The standard InChI is InChI=1S/C16H22N2O3/c1-4-16(5-2,15(19)20)11-18-10-12-6-7-14(21-3)13(8-12)9-17/h6-8,18H,4-5,10-11H2,1-3H3,(H,19,20). The minimum atomic E-state index is -0.771. The Morgan fingerprint density at radius 1 is 1.43 bits per heavy atom. The van der Waals surface area contributed by atoms with Gasteiger partial charge < -0.3 is 15.2 Å². The number of methoxy groups -OCH3 is 1. The van der Waals surface area contributed by atoms with Crippen LogP contribution < -0.4 is 10.1 Å². The molecule has 0 aliphatic heterocycles. The maximum atomic E-state index is 11.4. The number of hydrogen-bond acceptors (Lipinski definition) is 4. The summed E-state index contributed by atoms with van der Waals surface area (Å²) in [5.74, 6) is -0.226. The first-order valence-corrected chi connectivity index (χ1v) is 7.04. The van der Waals surface area contributed by atoms with Gasteiger partial charge in [0, 0.05) is 13.1 Å². The highest BCUT2D eigenvalue weighted by molar-refractivity contribution is 5.74. The summed E-state index contributed by atoms with van der Waals surface area (Å²) in [6, 6.07) is 7.46. The van der Waals surface area contributed by atoms with Crippen molar-refractivity contribution in [3.8, 4) is 11.8 Å². The van der Waals surface area contributed by atoms with Crippen molar-refractivity contribution >= 4 is 5.97 Å². The number of benzene rings is 1. The lowest BCUT2D eigenvalue weighted by Crippen LogP contribution is -2.40. The summed E-state index contributed by atoms with van der Waals surface area (Å²) < 4.78 is 5.10. The highest BCUT2D eigenvalue weighted by atomic mass is 16.5. The Morgan fingerprint density at radius 3 is 2.57 bits per heavy atom. The smallest absolute Gasteiger partial charge is 0.310 e. The minimum absolute atomic E-state index is 0.406. The number of hydrogen-bond donors (Lipinski definition) is 2. The molecule has 114 valence electrons. The third-order valence-electron chi connectivity index (χ3n) is 3.98. The van der Waals surface area contributed by atoms with Gasteiger partial charge in [0.25, 0.3) is 0 Å². The highest BCUT2D eigenvalue weighted by Gasteiger charge is 2.34. The summed E-state index contributed by atoms with van der Waals surface area (Å²) in [4.78, 5) is 11.4. The van der Waals surface area contributed by atoms with E-state index in [0.29, 0.717) is 37.2 Å². The van der Waals surface area contributed by atoms with E-state index in [-0.39, 0.29) is 0 Å². The van der Waals surface area contributed by atoms with Crippen molar-refractivity contribution in [3.05, 3.63) is 29.3 Å². The number of carboxylic acids is 1. The number of rotatable bonds is 8. The number of nitrogens with zero attached hydrogens (tertiary/aromatic N) is 1. The number of nitrogens with one attached hydrogen (secondary N) is 1. The summed E-state index contributed by atoms with van der Waals surface area (Å²) in [5.41, 5.74) is 0.677. The van der Waals surface area contributed by atoms with Crippen molar-refractivity contribution < 1.29 is 14.6 Å². The highest BCUT2D eigenvalue weighted by Crippen LogP contribution is 2.26. The van der Waals surface area contributed by atoms with Gasteiger partial charge in [-0.2, -0.15) is 5.26 Å². The molecule has 0 radical (unpaired) electrons. The second kappa shape index (κ2) is 7.65. The first-order chi connectivity index (χ1) is 10.0. The third-order valence-corrected chi connectivity index (χ3v) is 3.98. The van der Waals surface area contributed by atoms with Crippen LogP contribution in [-0.2, 0) is 11.3 Å². The van der Waals surface area contributed by atoms with Crippen molar-refractivity contribution in [2.45, 2.75) is 33.2 Å². The molecule has 1 aromatic carbocycles. The van der Waals surface area contributed by atoms with Gasteiger partial charge in [-0.05, 0) is 30.5 Å². The molecule has 0 unspecified atom stereocenters. The molecule has 5 nitrogen and oxygen atoms in total. The molecule has 21 heavy (non-hydrogen) atoms. The lowest BCUT2D eigenvalue weighted by molar-refractivity contribution is -0.149. The Bertz CT molecular complexity index is 531. The molecule has 0 saturated carbocycles. The first kappa shape index (κ1) is 17.0. The van der Waals surface area contributed by atoms with Gasteiger partial charge in [0.15, 0.2) is 0 Å². The zero-order valence-electron chi connectivity index (χ0n) is 12.8. The van der Waals surface area contributed by atoms with Gasteiger partial charge >= 0.3 is 5.97 Å². The van der Waals surface area contributed by atoms with Crippen LogP contribution in [0.2, 0.25) is 0 Å². The average Bonchev–Trinajstić information content (AvgIpc) is 2.51. The van der Waals surface area contributed by atoms with Crippen molar-refractivity contribution in [1.82, 2.24) is 5.32 Å². The SMILES string of the molecule is CCC(CC)(CNCc1ccc(OC)c(C#N)c1)C(=O)O. The van der Waals surface area contributed by atoms with Crippen LogP contribution in [0.15, 0.2) is 18.2 Å². The monoisotopic (exact) mass is 290 g/mol. The molecule has 1 aromatic rings. The summed E-state index contributed by atoms with van der Waals surface area (Å²) >= 11 is 0. The lowest BCUT2D eigenvalue weighted by atomic mass is 9.82. The molecule has 0 amide bonds. The van der Waals surface area contributed by atoms with Crippen LogP contribution in [0.1, 0.15) is 37.8 Å². The molecule has 0 aromatic heterocycles. The quantitative estimate of drug-likeness (QED) is 0.769. The minimum Gasteiger partial charge on any atom is -0.495 e. The van der Waals surface area contributed by atoms with E-state index < -0.39 is 11.4 Å². The van der Waals surface area contributed by atoms with Gasteiger partial charge in [0.2, 0.25) is 0 Å². The molecular weight excluding hydrogens is 268 g/mol. The van der Waals surface area contributed by atoms with Gasteiger partial charge in [0.1, 0.15) is 11.8 Å². The fraction of sp³-hybridized carbons (Fsp3) is 0.500. The summed E-state index contributed by atoms with van der Waals surface area (Å²) in [6.45, 7) is 4.71. The largest absolute Gasteiger partial charge is 0.495 e. The van der Waals surface area contributed by atoms with Crippen LogP contribution in [0.4, 0.5) is 0 Å². The van der Waals surface area contributed by atoms with Gasteiger partial charge in [-0.25, -0.2) is 0 Å². The van der Waals surface area contributed by atoms with E-state index in [1.54, 1.807) is 12.1 Å². The van der Waals surface area contributed by atoms with E-state index in [4.69, 9.17) is 10.00 Å². The van der Waals surface area contributed by atoms with Crippen LogP contribution in [0, 0.1) is 16.7 Å². The lowest BCUT2D eigenvalue weighted by Gasteiger charge is -2.27. The Morgan fingerprint density at radius 2 is 2.10 bits per heavy atom. The predicted molar refractivity (Wildman–Crippen MR) is 80.1 cm³/mol. The molecule has 5 heteroatoms. The van der Waals surface area contributed by atoms with Gasteiger partial charge in [-0.15, -0.1) is 0 Å². The van der Waals surface area contributed by atoms with Crippen molar-refractivity contribution in [3.63, 3.8) is 0 Å². The van der Waals surface area contributed by atoms with Crippen molar-refractivity contribution in [1.29, 1.82) is 5.26 Å². The molecular formula is C16H22N2O3. The maximum absolute atomic E-state index is 11.4. The number of carboxylic acid groups (broad SMARTS) is 1. The molecule has 0 aliphatic rings. The third kappa shape index (κ3) is 3.96. The second-order valence-electron chi connectivity index (χ2n) is 5.04. The van der Waals surface area contributed by atoms with Gasteiger partial charge in [-0.1, -0.05) is 19.9 Å². The predicted octanol–water partition coefficient (Wildman–Crippen LogP) is 2.55. The van der Waals surface area contributed by atoms with Crippen LogP contribution >= 0.6 is 0 Å². The first-order valence-electron chi connectivity index (χ1n) is 7.04. The normalized spacial score (nSPS) is 11.0. The zero-order valence-corrected chi connectivity index (χ0v) is 12.8.